The highest BCUT2D eigenvalue weighted by molar-refractivity contribution is 5.80. The van der Waals surface area contributed by atoms with Crippen LogP contribution in [0.25, 0.3) is 0 Å². The molecule has 0 bridgehead atoms. The van der Waals surface area contributed by atoms with Gasteiger partial charge in [0.25, 0.3) is 0 Å². The van der Waals surface area contributed by atoms with Gasteiger partial charge in [-0.15, -0.1) is 0 Å². The Morgan fingerprint density at radius 2 is 1.95 bits per heavy atom. The Balaban J connectivity index is 3.82. The smallest absolute Gasteiger partial charge is 0.307 e. The molecule has 0 aromatic carbocycles. The maximum absolute atomic E-state index is 11.0. The molecule has 0 fully saturated rings. The number of carbonyl (C=O) groups excluding carboxylic acids is 1. The summed E-state index contributed by atoms with van der Waals surface area (Å²) in [6.07, 6.45) is 3.93. The number of nitrogens with one attached hydrogen (secondary N) is 2. The van der Waals surface area contributed by atoms with E-state index < -0.39 is 0 Å². The molecule has 1 unspecified atom stereocenters. The van der Waals surface area contributed by atoms with Crippen molar-refractivity contribution in [2.24, 2.45) is 10.9 Å². The molecule has 0 aliphatic carbocycles. The van der Waals surface area contributed by atoms with Crippen molar-refractivity contribution < 1.29 is 9.53 Å². The van der Waals surface area contributed by atoms with Gasteiger partial charge in [0, 0.05) is 19.6 Å². The van der Waals surface area contributed by atoms with E-state index in [0.717, 1.165) is 18.3 Å². The first-order chi connectivity index (χ1) is 8.99. The second kappa shape index (κ2) is 10.6. The van der Waals surface area contributed by atoms with Crippen molar-refractivity contribution in [1.29, 1.82) is 0 Å². The molecule has 0 aliphatic heterocycles. The molecule has 0 amide bonds. The summed E-state index contributed by atoms with van der Waals surface area (Å²) >= 11 is 0. The molecule has 0 aromatic rings. The van der Waals surface area contributed by atoms with Gasteiger partial charge in [-0.3, -0.25) is 9.79 Å². The molecular formula is C14H29N3O2. The minimum absolute atomic E-state index is 0.215. The van der Waals surface area contributed by atoms with Crippen LogP contribution in [-0.4, -0.2) is 38.7 Å². The van der Waals surface area contributed by atoms with Crippen LogP contribution in [0.1, 0.15) is 46.5 Å². The summed E-state index contributed by atoms with van der Waals surface area (Å²) in [4.78, 5) is 15.1. The summed E-state index contributed by atoms with van der Waals surface area (Å²) in [5.41, 5.74) is 0. The number of carbonyl (C=O) groups is 1. The molecule has 0 aliphatic rings. The van der Waals surface area contributed by atoms with Crippen LogP contribution in [0, 0.1) is 5.92 Å². The number of hydrogen-bond donors (Lipinski definition) is 2. The largest absolute Gasteiger partial charge is 0.469 e. The SMILES string of the molecule is CN=C(NCCC(=O)OC)NC(C)CCCC(C)C. The van der Waals surface area contributed by atoms with Gasteiger partial charge in [0.1, 0.15) is 0 Å². The lowest BCUT2D eigenvalue weighted by molar-refractivity contribution is -0.140. The van der Waals surface area contributed by atoms with E-state index in [2.05, 4.69) is 41.1 Å². The van der Waals surface area contributed by atoms with E-state index in [1.54, 1.807) is 7.05 Å². The van der Waals surface area contributed by atoms with Crippen LogP contribution in [0.4, 0.5) is 0 Å². The number of guanidine groups is 1. The Kier molecular flexibility index (Phi) is 9.94. The number of rotatable bonds is 8. The zero-order valence-corrected chi connectivity index (χ0v) is 13.0. The van der Waals surface area contributed by atoms with E-state index >= 15 is 0 Å². The van der Waals surface area contributed by atoms with E-state index in [4.69, 9.17) is 0 Å². The third-order valence-corrected chi connectivity index (χ3v) is 2.87. The number of ether oxygens (including phenoxy) is 1. The van der Waals surface area contributed by atoms with Gasteiger partial charge in [-0.1, -0.05) is 26.7 Å². The molecule has 0 radical (unpaired) electrons. The quantitative estimate of drug-likeness (QED) is 0.402. The van der Waals surface area contributed by atoms with Crippen LogP contribution >= 0.6 is 0 Å². The normalized spacial score (nSPS) is 13.3. The highest BCUT2D eigenvalue weighted by Gasteiger charge is 2.06. The summed E-state index contributed by atoms with van der Waals surface area (Å²) in [6.45, 7) is 7.16. The Morgan fingerprint density at radius 1 is 1.26 bits per heavy atom. The molecular weight excluding hydrogens is 242 g/mol. The minimum atomic E-state index is -0.215. The minimum Gasteiger partial charge on any atom is -0.469 e. The molecule has 5 nitrogen and oxygen atoms in total. The molecule has 0 spiro atoms. The average Bonchev–Trinajstić information content (AvgIpc) is 2.36. The van der Waals surface area contributed by atoms with Gasteiger partial charge in [-0.05, 0) is 19.3 Å². The third-order valence-electron chi connectivity index (χ3n) is 2.87. The maximum Gasteiger partial charge on any atom is 0.307 e. The van der Waals surface area contributed by atoms with Crippen molar-refractivity contribution in [1.82, 2.24) is 10.6 Å². The Morgan fingerprint density at radius 3 is 2.47 bits per heavy atom. The Bertz CT molecular complexity index is 278. The molecule has 0 saturated carbocycles. The molecule has 0 aromatic heterocycles. The van der Waals surface area contributed by atoms with E-state index in [-0.39, 0.29) is 5.97 Å². The predicted octanol–water partition coefficient (Wildman–Crippen LogP) is 1.93. The number of esters is 1. The van der Waals surface area contributed by atoms with Gasteiger partial charge in [0.05, 0.1) is 13.5 Å². The highest BCUT2D eigenvalue weighted by Crippen LogP contribution is 2.07. The van der Waals surface area contributed by atoms with Gasteiger partial charge in [-0.2, -0.15) is 0 Å². The lowest BCUT2D eigenvalue weighted by Gasteiger charge is -2.18. The van der Waals surface area contributed by atoms with E-state index in [1.165, 1.54) is 20.0 Å². The van der Waals surface area contributed by atoms with E-state index in [1.807, 2.05) is 0 Å². The summed E-state index contributed by atoms with van der Waals surface area (Å²) < 4.78 is 4.58. The lowest BCUT2D eigenvalue weighted by atomic mass is 10.0. The van der Waals surface area contributed by atoms with Crippen molar-refractivity contribution in [3.63, 3.8) is 0 Å². The molecule has 112 valence electrons. The van der Waals surface area contributed by atoms with Crippen molar-refractivity contribution in [2.45, 2.75) is 52.5 Å². The van der Waals surface area contributed by atoms with Gasteiger partial charge < -0.3 is 15.4 Å². The van der Waals surface area contributed by atoms with E-state index in [0.29, 0.717) is 19.0 Å². The number of hydrogen-bond acceptors (Lipinski definition) is 3. The van der Waals surface area contributed by atoms with Crippen LogP contribution in [-0.2, 0) is 9.53 Å². The Labute approximate surface area is 117 Å². The lowest BCUT2D eigenvalue weighted by Crippen LogP contribution is -2.42. The van der Waals surface area contributed by atoms with Gasteiger partial charge in [0.2, 0.25) is 0 Å². The summed E-state index contributed by atoms with van der Waals surface area (Å²) in [5, 5.41) is 6.42. The molecule has 19 heavy (non-hydrogen) atoms. The van der Waals surface area contributed by atoms with Crippen molar-refractivity contribution in [3.05, 3.63) is 0 Å². The number of methoxy groups -OCH3 is 1. The van der Waals surface area contributed by atoms with Crippen molar-refractivity contribution in [3.8, 4) is 0 Å². The first-order valence-electron chi connectivity index (χ1n) is 7.03. The summed E-state index contributed by atoms with van der Waals surface area (Å²) in [5.74, 6) is 1.28. The van der Waals surface area contributed by atoms with Crippen LogP contribution in [0.3, 0.4) is 0 Å². The standard InChI is InChI=1S/C14H29N3O2/c1-11(2)7-6-8-12(3)17-14(15-4)16-10-9-13(18)19-5/h11-12H,6-10H2,1-5H3,(H2,15,16,17). The Hall–Kier alpha value is -1.26. The highest BCUT2D eigenvalue weighted by atomic mass is 16.5. The average molecular weight is 271 g/mol. The second-order valence-corrected chi connectivity index (χ2v) is 5.20. The molecule has 0 saturated heterocycles. The van der Waals surface area contributed by atoms with Crippen molar-refractivity contribution in [2.75, 3.05) is 20.7 Å². The maximum atomic E-state index is 11.0. The zero-order chi connectivity index (χ0) is 14.7. The topological polar surface area (TPSA) is 62.7 Å². The number of aliphatic imine (C=N–C) groups is 1. The van der Waals surface area contributed by atoms with Crippen LogP contribution in [0.2, 0.25) is 0 Å². The van der Waals surface area contributed by atoms with Crippen LogP contribution in [0.5, 0.6) is 0 Å². The van der Waals surface area contributed by atoms with Crippen LogP contribution < -0.4 is 10.6 Å². The monoisotopic (exact) mass is 271 g/mol. The van der Waals surface area contributed by atoms with Gasteiger partial charge in [-0.25, -0.2) is 0 Å². The fourth-order valence-corrected chi connectivity index (χ4v) is 1.72. The van der Waals surface area contributed by atoms with Crippen molar-refractivity contribution >= 4 is 11.9 Å². The molecule has 0 rings (SSSR count). The second-order valence-electron chi connectivity index (χ2n) is 5.20. The fourth-order valence-electron chi connectivity index (χ4n) is 1.72. The first kappa shape index (κ1) is 17.7. The third kappa shape index (κ3) is 10.4. The fraction of sp³-hybridized carbons (Fsp3) is 0.857. The number of nitrogens with zero attached hydrogens (tertiary/aromatic N) is 1. The van der Waals surface area contributed by atoms with E-state index in [9.17, 15) is 4.79 Å². The molecule has 1 atom stereocenters. The molecule has 5 heteroatoms. The van der Waals surface area contributed by atoms with Gasteiger partial charge in [0.15, 0.2) is 5.96 Å². The molecule has 0 heterocycles. The predicted molar refractivity (Wildman–Crippen MR) is 79.3 cm³/mol. The molecule has 2 N–H and O–H groups in total. The zero-order valence-electron chi connectivity index (χ0n) is 13.0. The first-order valence-corrected chi connectivity index (χ1v) is 7.03. The van der Waals surface area contributed by atoms with Crippen LogP contribution in [0.15, 0.2) is 4.99 Å². The van der Waals surface area contributed by atoms with Gasteiger partial charge >= 0.3 is 5.97 Å². The summed E-state index contributed by atoms with van der Waals surface area (Å²) in [6, 6.07) is 0.378. The summed E-state index contributed by atoms with van der Waals surface area (Å²) in [7, 11) is 3.13.